The Hall–Kier alpha value is -2.72. The molecule has 3 rings (SSSR count). The van der Waals surface area contributed by atoms with E-state index >= 15 is 0 Å². The molecule has 0 atom stereocenters. The third-order valence-corrected chi connectivity index (χ3v) is 7.53. The third kappa shape index (κ3) is 4.88. The van der Waals surface area contributed by atoms with Gasteiger partial charge in [0.15, 0.2) is 0 Å². The molecule has 0 saturated heterocycles. The molecule has 0 fully saturated rings. The first-order valence-corrected chi connectivity index (χ1v) is 12.3. The second kappa shape index (κ2) is 9.87. The van der Waals surface area contributed by atoms with E-state index < -0.39 is 0 Å². The number of nitrogens with zero attached hydrogens (tertiary/aromatic N) is 1. The number of halogens is 1. The molecule has 0 saturated carbocycles. The highest BCUT2D eigenvalue weighted by molar-refractivity contribution is 9.11. The second-order valence-corrected chi connectivity index (χ2v) is 10.8. The summed E-state index contributed by atoms with van der Waals surface area (Å²) >= 11 is 3.72. The predicted molar refractivity (Wildman–Crippen MR) is 149 cm³/mol. The molecule has 180 valence electrons. The quantitative estimate of drug-likeness (QED) is 0.344. The lowest BCUT2D eigenvalue weighted by molar-refractivity contribution is 0.413. The molecule has 0 bridgehead atoms. The van der Waals surface area contributed by atoms with Crippen LogP contribution in [-0.4, -0.2) is 21.3 Å². The van der Waals surface area contributed by atoms with Crippen molar-refractivity contribution >= 4 is 21.6 Å². The Kier molecular flexibility index (Phi) is 7.52. The molecule has 0 amide bonds. The van der Waals surface area contributed by atoms with Gasteiger partial charge in [0.05, 0.1) is 14.2 Å². The van der Waals surface area contributed by atoms with Crippen LogP contribution >= 0.6 is 15.9 Å². The van der Waals surface area contributed by atoms with Gasteiger partial charge in [-0.05, 0) is 77.7 Å². The maximum absolute atomic E-state index is 5.45. The van der Waals surface area contributed by atoms with Crippen LogP contribution in [0.5, 0.6) is 11.5 Å². The Morgan fingerprint density at radius 3 is 2.29 bits per heavy atom. The third-order valence-electron chi connectivity index (χ3n) is 7.01. The van der Waals surface area contributed by atoms with E-state index in [1.165, 1.54) is 28.1 Å². The van der Waals surface area contributed by atoms with Gasteiger partial charge < -0.3 is 14.4 Å². The Bertz CT molecular complexity index is 1180. The molecule has 0 radical (unpaired) electrons. The van der Waals surface area contributed by atoms with Crippen LogP contribution in [0.25, 0.3) is 0 Å². The number of ether oxygens (including phenoxy) is 2. The number of aryl methyl sites for hydroxylation is 1. The number of rotatable bonds is 7. The standard InChI is InChI=1S/C30H36BrNO2/c1-20-10-14-23(33-8)18-25(20)29(3,4)21(2)11-12-22(31)13-17-28-30(5,6)26-19-24(34-9)15-16-27(26)32(28)7/h10-19H,2H2,1,3-9H3/b12-11+,22-13-,28-17+. The summed E-state index contributed by atoms with van der Waals surface area (Å²) in [5, 5.41) is 0. The first-order chi connectivity index (χ1) is 15.9. The van der Waals surface area contributed by atoms with Gasteiger partial charge in [0.2, 0.25) is 0 Å². The van der Waals surface area contributed by atoms with Crippen LogP contribution < -0.4 is 14.4 Å². The molecule has 2 aromatic carbocycles. The average Bonchev–Trinajstić information content (AvgIpc) is 3.00. The fourth-order valence-corrected chi connectivity index (χ4v) is 4.88. The fourth-order valence-electron chi connectivity index (χ4n) is 4.62. The summed E-state index contributed by atoms with van der Waals surface area (Å²) in [5.74, 6) is 1.74. The van der Waals surface area contributed by atoms with Crippen molar-refractivity contribution in [1.29, 1.82) is 0 Å². The summed E-state index contributed by atoms with van der Waals surface area (Å²) in [5.41, 5.74) is 6.82. The molecular weight excluding hydrogens is 486 g/mol. The van der Waals surface area contributed by atoms with Gasteiger partial charge in [-0.3, -0.25) is 0 Å². The lowest BCUT2D eigenvalue weighted by atomic mass is 9.76. The van der Waals surface area contributed by atoms with Gasteiger partial charge in [0.1, 0.15) is 11.5 Å². The number of hydrogen-bond acceptors (Lipinski definition) is 3. The molecular formula is C30H36BrNO2. The van der Waals surface area contributed by atoms with E-state index in [0.717, 1.165) is 21.6 Å². The molecule has 1 heterocycles. The van der Waals surface area contributed by atoms with Gasteiger partial charge in [-0.2, -0.15) is 0 Å². The number of anilines is 1. The topological polar surface area (TPSA) is 21.7 Å². The van der Waals surface area contributed by atoms with E-state index in [0.29, 0.717) is 0 Å². The lowest BCUT2D eigenvalue weighted by Crippen LogP contribution is -2.22. The number of fused-ring (bicyclic) bond motifs is 1. The van der Waals surface area contributed by atoms with Crippen LogP contribution in [0.4, 0.5) is 5.69 Å². The molecule has 0 aromatic heterocycles. The van der Waals surface area contributed by atoms with Crippen LogP contribution in [0.3, 0.4) is 0 Å². The number of allylic oxidation sites excluding steroid dienone is 7. The van der Waals surface area contributed by atoms with E-state index in [-0.39, 0.29) is 10.8 Å². The van der Waals surface area contributed by atoms with Gasteiger partial charge in [-0.15, -0.1) is 0 Å². The SMILES string of the molecule is C=C(/C=C/C(Br)=C/C=C1/N(C)c2ccc(OC)cc2C1(C)C)C(C)(C)c1cc(OC)ccc1C. The first kappa shape index (κ1) is 25.9. The van der Waals surface area contributed by atoms with Crippen LogP contribution in [0.1, 0.15) is 44.4 Å². The maximum Gasteiger partial charge on any atom is 0.119 e. The van der Waals surface area contributed by atoms with Crippen molar-refractivity contribution in [3.8, 4) is 11.5 Å². The molecule has 0 N–H and O–H groups in total. The van der Waals surface area contributed by atoms with Crippen molar-refractivity contribution < 1.29 is 9.47 Å². The molecule has 0 unspecified atom stereocenters. The van der Waals surface area contributed by atoms with E-state index in [9.17, 15) is 0 Å². The van der Waals surface area contributed by atoms with E-state index in [4.69, 9.17) is 9.47 Å². The van der Waals surface area contributed by atoms with Crippen molar-refractivity contribution in [3.63, 3.8) is 0 Å². The molecule has 1 aliphatic rings. The molecule has 0 spiro atoms. The average molecular weight is 523 g/mol. The summed E-state index contributed by atoms with van der Waals surface area (Å²) in [4.78, 5) is 2.25. The van der Waals surface area contributed by atoms with Crippen LogP contribution in [0.15, 0.2) is 83.0 Å². The van der Waals surface area contributed by atoms with Crippen molar-refractivity contribution in [2.45, 2.75) is 45.4 Å². The zero-order valence-electron chi connectivity index (χ0n) is 21.6. The minimum atomic E-state index is -0.227. The van der Waals surface area contributed by atoms with Gasteiger partial charge in [0.25, 0.3) is 0 Å². The Balaban J connectivity index is 1.83. The Labute approximate surface area is 213 Å². The van der Waals surface area contributed by atoms with Gasteiger partial charge in [-0.25, -0.2) is 0 Å². The van der Waals surface area contributed by atoms with Crippen molar-refractivity contribution in [2.75, 3.05) is 26.2 Å². The Morgan fingerprint density at radius 1 is 1.03 bits per heavy atom. The predicted octanol–water partition coefficient (Wildman–Crippen LogP) is 7.99. The largest absolute Gasteiger partial charge is 0.497 e. The summed E-state index contributed by atoms with van der Waals surface area (Å²) in [7, 11) is 5.52. The highest BCUT2D eigenvalue weighted by Gasteiger charge is 2.38. The first-order valence-electron chi connectivity index (χ1n) is 11.5. The van der Waals surface area contributed by atoms with Crippen molar-refractivity contribution in [3.05, 3.63) is 99.7 Å². The second-order valence-electron chi connectivity index (χ2n) is 9.83. The number of likely N-dealkylation sites (N-methyl/N-ethyl adjacent to an activating group) is 1. The van der Waals surface area contributed by atoms with Crippen LogP contribution in [0, 0.1) is 6.92 Å². The zero-order valence-corrected chi connectivity index (χ0v) is 23.2. The Morgan fingerprint density at radius 2 is 1.65 bits per heavy atom. The zero-order chi connectivity index (χ0) is 25.3. The van der Waals surface area contributed by atoms with Crippen LogP contribution in [0.2, 0.25) is 0 Å². The number of hydrogen-bond donors (Lipinski definition) is 0. The summed E-state index contributed by atoms with van der Waals surface area (Å²) in [6, 6.07) is 12.5. The minimum absolute atomic E-state index is 0.123. The highest BCUT2D eigenvalue weighted by Crippen LogP contribution is 2.48. The van der Waals surface area contributed by atoms with E-state index in [1.54, 1.807) is 14.2 Å². The maximum atomic E-state index is 5.45. The lowest BCUT2D eigenvalue weighted by Gasteiger charge is -2.28. The monoisotopic (exact) mass is 521 g/mol. The summed E-state index contributed by atoms with van der Waals surface area (Å²) < 4.78 is 11.9. The number of benzene rings is 2. The molecule has 3 nitrogen and oxygen atoms in total. The molecule has 1 aliphatic heterocycles. The smallest absolute Gasteiger partial charge is 0.119 e. The normalized spacial score (nSPS) is 16.8. The summed E-state index contributed by atoms with van der Waals surface area (Å²) in [6.45, 7) is 15.4. The number of methoxy groups -OCH3 is 2. The van der Waals surface area contributed by atoms with E-state index in [2.05, 4.69) is 118 Å². The molecule has 0 aliphatic carbocycles. The fraction of sp³-hybridized carbons (Fsp3) is 0.333. The minimum Gasteiger partial charge on any atom is -0.497 e. The van der Waals surface area contributed by atoms with Gasteiger partial charge >= 0.3 is 0 Å². The van der Waals surface area contributed by atoms with E-state index in [1.807, 2.05) is 12.1 Å². The van der Waals surface area contributed by atoms with Gasteiger partial charge in [0, 0.05) is 33.7 Å². The summed E-state index contributed by atoms with van der Waals surface area (Å²) in [6.07, 6.45) is 8.43. The molecule has 34 heavy (non-hydrogen) atoms. The molecule has 4 heteroatoms. The van der Waals surface area contributed by atoms with Crippen molar-refractivity contribution in [2.24, 2.45) is 0 Å². The van der Waals surface area contributed by atoms with Gasteiger partial charge in [-0.1, -0.05) is 62.3 Å². The highest BCUT2D eigenvalue weighted by atomic mass is 79.9. The van der Waals surface area contributed by atoms with Crippen molar-refractivity contribution in [1.82, 2.24) is 0 Å². The molecule has 2 aromatic rings. The van der Waals surface area contributed by atoms with Crippen LogP contribution in [-0.2, 0) is 10.8 Å².